The number of nitrogens with two attached hydrogens (primary N) is 2. The van der Waals surface area contributed by atoms with Crippen LogP contribution in [-0.2, 0) is 19.2 Å². The second-order valence-corrected chi connectivity index (χ2v) is 6.04. The second kappa shape index (κ2) is 16.0. The number of carboxylic acids is 4. The number of aliphatic carboxylic acids is 4. The summed E-state index contributed by atoms with van der Waals surface area (Å²) in [6.07, 6.45) is 5.83. The minimum atomic E-state index is -1.17. The average molecular weight is 393 g/mol. The molecule has 0 aromatic heterocycles. The van der Waals surface area contributed by atoms with Crippen LogP contribution in [0.4, 0.5) is 0 Å². The fourth-order valence-corrected chi connectivity index (χ4v) is 2.10. The fraction of sp³-hybridized carbons (Fsp3) is 0.750. The van der Waals surface area contributed by atoms with E-state index in [-0.39, 0.29) is 19.4 Å². The molecule has 0 amide bonds. The highest BCUT2D eigenvalue weighted by Crippen LogP contribution is 2.17. The number of nitrogens with one attached hydrogen (secondary N) is 1. The van der Waals surface area contributed by atoms with Gasteiger partial charge in [0.2, 0.25) is 0 Å². The van der Waals surface area contributed by atoms with E-state index in [1.54, 1.807) is 6.92 Å². The molecular weight excluding hydrogens is 362 g/mol. The third-order valence-electron chi connectivity index (χ3n) is 3.62. The van der Waals surface area contributed by atoms with Gasteiger partial charge in [0, 0.05) is 12.5 Å². The van der Waals surface area contributed by atoms with Gasteiger partial charge in [0.15, 0.2) is 0 Å². The quantitative estimate of drug-likeness (QED) is 0.283. The van der Waals surface area contributed by atoms with Crippen molar-refractivity contribution in [2.75, 3.05) is 6.54 Å². The lowest BCUT2D eigenvalue weighted by Crippen LogP contribution is -2.42. The average Bonchev–Trinajstić information content (AvgIpc) is 2.61. The standard InChI is InChI=1S/C9H17NO2.C5H9NO4.C2H5NO2/c1-7(9(11)12)10-8-5-3-2-4-6-8;6-3(5(9)10)1-2-4(7)8;3-1-2(4)5/h7-8,10H,2-6H2,1H3,(H,11,12);3H,1-2,6H2,(H,7,8)(H,9,10);1,3H2,(H,4,5)/t7-;3-;/m00./s1. The molecule has 1 aliphatic rings. The minimum absolute atomic E-state index is 0.0231. The molecule has 0 aromatic rings. The molecule has 27 heavy (non-hydrogen) atoms. The number of rotatable bonds is 8. The second-order valence-electron chi connectivity index (χ2n) is 6.04. The number of carbonyl (C=O) groups is 4. The molecule has 1 rings (SSSR count). The van der Waals surface area contributed by atoms with Gasteiger partial charge in [-0.15, -0.1) is 0 Å². The zero-order valence-corrected chi connectivity index (χ0v) is 15.5. The highest BCUT2D eigenvalue weighted by Gasteiger charge is 2.18. The van der Waals surface area contributed by atoms with Crippen LogP contribution in [0.15, 0.2) is 0 Å². The summed E-state index contributed by atoms with van der Waals surface area (Å²) in [7, 11) is 0. The lowest BCUT2D eigenvalue weighted by Gasteiger charge is -2.24. The highest BCUT2D eigenvalue weighted by molar-refractivity contribution is 5.74. The van der Waals surface area contributed by atoms with Gasteiger partial charge in [-0.2, -0.15) is 0 Å². The molecule has 1 saturated carbocycles. The third kappa shape index (κ3) is 18.4. The van der Waals surface area contributed by atoms with E-state index in [4.69, 9.17) is 26.2 Å². The molecular formula is C16H31N3O8. The van der Waals surface area contributed by atoms with E-state index < -0.39 is 36.0 Å². The summed E-state index contributed by atoms with van der Waals surface area (Å²) in [4.78, 5) is 39.6. The van der Waals surface area contributed by atoms with E-state index in [0.29, 0.717) is 6.04 Å². The number of carboxylic acid groups (broad SMARTS) is 4. The van der Waals surface area contributed by atoms with Crippen molar-refractivity contribution >= 4 is 23.9 Å². The lowest BCUT2D eigenvalue weighted by molar-refractivity contribution is -0.141. The zero-order valence-electron chi connectivity index (χ0n) is 15.5. The van der Waals surface area contributed by atoms with Crippen molar-refractivity contribution in [3.05, 3.63) is 0 Å². The maximum absolute atomic E-state index is 10.5. The van der Waals surface area contributed by atoms with Crippen LogP contribution >= 0.6 is 0 Å². The van der Waals surface area contributed by atoms with Crippen molar-refractivity contribution in [1.29, 1.82) is 0 Å². The first-order valence-electron chi connectivity index (χ1n) is 8.62. The molecule has 0 aliphatic heterocycles. The van der Waals surface area contributed by atoms with Gasteiger partial charge in [0.1, 0.15) is 12.1 Å². The van der Waals surface area contributed by atoms with Crippen molar-refractivity contribution in [2.45, 2.75) is 70.0 Å². The molecule has 0 bridgehead atoms. The Kier molecular flexibility index (Phi) is 16.0. The summed E-state index contributed by atoms with van der Waals surface area (Å²) in [5.74, 6) is -3.91. The minimum Gasteiger partial charge on any atom is -0.481 e. The topological polar surface area (TPSA) is 213 Å². The molecule has 0 aromatic carbocycles. The van der Waals surface area contributed by atoms with Crippen LogP contribution < -0.4 is 16.8 Å². The summed E-state index contributed by atoms with van der Waals surface area (Å²) in [6.45, 7) is 1.43. The van der Waals surface area contributed by atoms with Gasteiger partial charge in [0.25, 0.3) is 0 Å². The third-order valence-corrected chi connectivity index (χ3v) is 3.62. The number of hydrogen-bond donors (Lipinski definition) is 7. The molecule has 0 unspecified atom stereocenters. The molecule has 11 nitrogen and oxygen atoms in total. The molecule has 0 heterocycles. The molecule has 2 atom stereocenters. The van der Waals surface area contributed by atoms with Crippen molar-refractivity contribution in [3.63, 3.8) is 0 Å². The molecule has 9 N–H and O–H groups in total. The normalized spacial score (nSPS) is 15.8. The van der Waals surface area contributed by atoms with Crippen LogP contribution in [0.2, 0.25) is 0 Å². The van der Waals surface area contributed by atoms with Gasteiger partial charge in [-0.05, 0) is 26.2 Å². The van der Waals surface area contributed by atoms with Crippen molar-refractivity contribution < 1.29 is 39.6 Å². The molecule has 11 heteroatoms. The summed E-state index contributed by atoms with van der Waals surface area (Å²) in [5.41, 5.74) is 9.57. The van der Waals surface area contributed by atoms with Gasteiger partial charge in [0.05, 0.1) is 6.54 Å². The highest BCUT2D eigenvalue weighted by atomic mass is 16.4. The van der Waals surface area contributed by atoms with E-state index in [9.17, 15) is 19.2 Å². The van der Waals surface area contributed by atoms with Gasteiger partial charge in [-0.25, -0.2) is 0 Å². The predicted molar refractivity (Wildman–Crippen MR) is 96.3 cm³/mol. The van der Waals surface area contributed by atoms with Gasteiger partial charge < -0.3 is 37.2 Å². The SMILES string of the molecule is C[C@H](NC1CCCCC1)C(=O)O.NCC(=O)O.N[C@@H](CCC(=O)O)C(=O)O. The molecule has 1 fully saturated rings. The van der Waals surface area contributed by atoms with E-state index in [0.717, 1.165) is 12.8 Å². The molecule has 1 aliphatic carbocycles. The lowest BCUT2D eigenvalue weighted by atomic mass is 9.95. The zero-order chi connectivity index (χ0) is 21.4. The largest absolute Gasteiger partial charge is 0.481 e. The van der Waals surface area contributed by atoms with Gasteiger partial charge in [-0.3, -0.25) is 19.2 Å². The van der Waals surface area contributed by atoms with Crippen LogP contribution in [0.5, 0.6) is 0 Å². The van der Waals surface area contributed by atoms with Crippen molar-refractivity contribution in [3.8, 4) is 0 Å². The van der Waals surface area contributed by atoms with E-state index in [2.05, 4.69) is 11.1 Å². The summed E-state index contributed by atoms with van der Waals surface area (Å²) >= 11 is 0. The van der Waals surface area contributed by atoms with E-state index in [1.165, 1.54) is 19.3 Å². The van der Waals surface area contributed by atoms with Crippen LogP contribution in [0.3, 0.4) is 0 Å². The Morgan fingerprint density at radius 1 is 0.963 bits per heavy atom. The number of hydrogen-bond acceptors (Lipinski definition) is 7. The molecule has 0 radical (unpaired) electrons. The van der Waals surface area contributed by atoms with Crippen LogP contribution in [0.1, 0.15) is 51.9 Å². The summed E-state index contributed by atoms with van der Waals surface area (Å²) in [6, 6.07) is -1.02. The van der Waals surface area contributed by atoms with Crippen LogP contribution in [0, 0.1) is 0 Å². The Hall–Kier alpha value is -2.24. The van der Waals surface area contributed by atoms with Crippen LogP contribution in [-0.4, -0.2) is 69.0 Å². The first-order valence-corrected chi connectivity index (χ1v) is 8.62. The monoisotopic (exact) mass is 393 g/mol. The molecule has 158 valence electrons. The maximum atomic E-state index is 10.5. The Bertz CT molecular complexity index is 467. The van der Waals surface area contributed by atoms with Crippen LogP contribution in [0.25, 0.3) is 0 Å². The smallest absolute Gasteiger partial charge is 0.320 e. The van der Waals surface area contributed by atoms with Crippen molar-refractivity contribution in [2.24, 2.45) is 11.5 Å². The fourth-order valence-electron chi connectivity index (χ4n) is 2.10. The Balaban J connectivity index is 0. The summed E-state index contributed by atoms with van der Waals surface area (Å²) < 4.78 is 0. The van der Waals surface area contributed by atoms with Crippen molar-refractivity contribution in [1.82, 2.24) is 5.32 Å². The summed E-state index contributed by atoms with van der Waals surface area (Å²) in [5, 5.41) is 35.6. The van der Waals surface area contributed by atoms with E-state index >= 15 is 0 Å². The molecule has 0 saturated heterocycles. The molecule has 0 spiro atoms. The Labute approximate surface area is 157 Å². The predicted octanol–water partition coefficient (Wildman–Crippen LogP) is -0.325. The van der Waals surface area contributed by atoms with Gasteiger partial charge in [-0.1, -0.05) is 19.3 Å². The Morgan fingerprint density at radius 2 is 1.44 bits per heavy atom. The maximum Gasteiger partial charge on any atom is 0.320 e. The first-order chi connectivity index (χ1) is 12.5. The van der Waals surface area contributed by atoms with E-state index in [1.807, 2.05) is 0 Å². The van der Waals surface area contributed by atoms with Gasteiger partial charge >= 0.3 is 23.9 Å². The first kappa shape index (κ1) is 27.0. The Morgan fingerprint density at radius 3 is 1.78 bits per heavy atom.